The van der Waals surface area contributed by atoms with Gasteiger partial charge in [-0.2, -0.15) is 0 Å². The van der Waals surface area contributed by atoms with E-state index in [4.69, 9.17) is 15.2 Å². The molecule has 6 heteroatoms. The fourth-order valence-electron chi connectivity index (χ4n) is 1.63. The van der Waals surface area contributed by atoms with Crippen LogP contribution in [-0.2, 0) is 9.31 Å². The highest BCUT2D eigenvalue weighted by molar-refractivity contribution is 6.61. The molecule has 0 atom stereocenters. The Balaban J connectivity index is 2.25. The van der Waals surface area contributed by atoms with Crippen LogP contribution in [0.5, 0.6) is 0 Å². The first-order valence-corrected chi connectivity index (χ1v) is 5.65. The number of nitrogens with zero attached hydrogens (tertiary/aromatic N) is 1. The standard InChI is InChI=1S/C11H18BN3O2/c1-10(2)11(3,4)17-12(16-10)8-6-5-7-9(14-8)15-13/h5-7H,13H2,1-4H3,(H,14,15). The van der Waals surface area contributed by atoms with E-state index >= 15 is 0 Å². The van der Waals surface area contributed by atoms with Crippen molar-refractivity contribution in [1.82, 2.24) is 4.98 Å². The lowest BCUT2D eigenvalue weighted by Gasteiger charge is -2.32. The van der Waals surface area contributed by atoms with E-state index in [1.165, 1.54) is 0 Å². The molecule has 0 saturated carbocycles. The lowest BCUT2D eigenvalue weighted by atomic mass is 9.84. The maximum absolute atomic E-state index is 5.90. The van der Waals surface area contributed by atoms with E-state index in [2.05, 4.69) is 10.4 Å². The van der Waals surface area contributed by atoms with Crippen LogP contribution in [0.2, 0.25) is 0 Å². The topological polar surface area (TPSA) is 69.4 Å². The van der Waals surface area contributed by atoms with E-state index in [9.17, 15) is 0 Å². The Morgan fingerprint density at radius 3 is 2.29 bits per heavy atom. The van der Waals surface area contributed by atoms with E-state index in [1.54, 1.807) is 6.07 Å². The maximum atomic E-state index is 5.90. The van der Waals surface area contributed by atoms with Gasteiger partial charge in [0, 0.05) is 0 Å². The van der Waals surface area contributed by atoms with E-state index in [-0.39, 0.29) is 11.2 Å². The molecular weight excluding hydrogens is 217 g/mol. The van der Waals surface area contributed by atoms with Crippen LogP contribution in [0, 0.1) is 0 Å². The number of hydrazine groups is 1. The highest BCUT2D eigenvalue weighted by Crippen LogP contribution is 2.36. The molecule has 0 amide bonds. The quantitative estimate of drug-likeness (QED) is 0.448. The Labute approximate surface area is 102 Å². The molecule has 0 aromatic carbocycles. The van der Waals surface area contributed by atoms with Crippen molar-refractivity contribution < 1.29 is 9.31 Å². The van der Waals surface area contributed by atoms with Crippen molar-refractivity contribution in [2.75, 3.05) is 5.43 Å². The Bertz CT molecular complexity index is 407. The van der Waals surface area contributed by atoms with Crippen LogP contribution in [0.4, 0.5) is 5.82 Å². The van der Waals surface area contributed by atoms with E-state index in [0.717, 1.165) is 5.59 Å². The Kier molecular flexibility index (Phi) is 2.89. The van der Waals surface area contributed by atoms with Crippen LogP contribution >= 0.6 is 0 Å². The number of nitrogen functional groups attached to an aromatic ring is 1. The van der Waals surface area contributed by atoms with Gasteiger partial charge < -0.3 is 14.7 Å². The third-order valence-electron chi connectivity index (χ3n) is 3.41. The van der Waals surface area contributed by atoms with Crippen LogP contribution in [0.1, 0.15) is 27.7 Å². The molecule has 0 unspecified atom stereocenters. The smallest absolute Gasteiger partial charge is 0.398 e. The Morgan fingerprint density at radius 1 is 1.18 bits per heavy atom. The second-order valence-corrected chi connectivity index (χ2v) is 5.18. The third-order valence-corrected chi connectivity index (χ3v) is 3.41. The van der Waals surface area contributed by atoms with Crippen LogP contribution < -0.4 is 16.9 Å². The van der Waals surface area contributed by atoms with Gasteiger partial charge >= 0.3 is 7.12 Å². The van der Waals surface area contributed by atoms with Crippen molar-refractivity contribution in [3.05, 3.63) is 18.2 Å². The summed E-state index contributed by atoms with van der Waals surface area (Å²) in [5.41, 5.74) is 2.52. The van der Waals surface area contributed by atoms with Gasteiger partial charge in [0.1, 0.15) is 5.82 Å². The highest BCUT2D eigenvalue weighted by Gasteiger charge is 2.52. The van der Waals surface area contributed by atoms with Crippen molar-refractivity contribution in [3.8, 4) is 0 Å². The van der Waals surface area contributed by atoms with Crippen molar-refractivity contribution in [2.24, 2.45) is 5.84 Å². The van der Waals surface area contributed by atoms with Crippen molar-refractivity contribution in [3.63, 3.8) is 0 Å². The summed E-state index contributed by atoms with van der Waals surface area (Å²) in [6.07, 6.45) is 0. The molecule has 1 aliphatic heterocycles. The highest BCUT2D eigenvalue weighted by atomic mass is 16.7. The van der Waals surface area contributed by atoms with Gasteiger partial charge in [0.25, 0.3) is 0 Å². The number of anilines is 1. The normalized spacial score (nSPS) is 21.6. The van der Waals surface area contributed by atoms with Crippen molar-refractivity contribution in [1.29, 1.82) is 0 Å². The van der Waals surface area contributed by atoms with Crippen LogP contribution in [0.25, 0.3) is 0 Å². The van der Waals surface area contributed by atoms with E-state index in [1.807, 2.05) is 39.8 Å². The number of pyridine rings is 1. The van der Waals surface area contributed by atoms with Crippen LogP contribution in [0.15, 0.2) is 18.2 Å². The second-order valence-electron chi connectivity index (χ2n) is 5.18. The SMILES string of the molecule is CC1(C)OB(c2cccc(NN)n2)OC1(C)C. The van der Waals surface area contributed by atoms with Crippen molar-refractivity contribution >= 4 is 18.5 Å². The van der Waals surface area contributed by atoms with Gasteiger partial charge in [0.15, 0.2) is 0 Å². The molecule has 1 aliphatic rings. The van der Waals surface area contributed by atoms with E-state index in [0.29, 0.717) is 5.82 Å². The largest absolute Gasteiger partial charge is 0.514 e. The monoisotopic (exact) mass is 235 g/mol. The van der Waals surface area contributed by atoms with Crippen LogP contribution in [-0.4, -0.2) is 23.3 Å². The molecule has 0 aliphatic carbocycles. The van der Waals surface area contributed by atoms with Crippen LogP contribution in [0.3, 0.4) is 0 Å². The summed E-state index contributed by atoms with van der Waals surface area (Å²) in [4.78, 5) is 4.32. The zero-order chi connectivity index (χ0) is 12.7. The first kappa shape index (κ1) is 12.4. The summed E-state index contributed by atoms with van der Waals surface area (Å²) in [6.45, 7) is 8.05. The van der Waals surface area contributed by atoms with Gasteiger partial charge in [0.05, 0.1) is 16.8 Å². The predicted octanol–water partition coefficient (Wildman–Crippen LogP) is 0.666. The van der Waals surface area contributed by atoms with Gasteiger partial charge in [-0.1, -0.05) is 6.07 Å². The fraction of sp³-hybridized carbons (Fsp3) is 0.545. The molecule has 1 aromatic rings. The average Bonchev–Trinajstić information content (AvgIpc) is 2.48. The molecule has 1 saturated heterocycles. The summed E-state index contributed by atoms with van der Waals surface area (Å²) in [5, 5.41) is 0. The van der Waals surface area contributed by atoms with Gasteiger partial charge in [0.2, 0.25) is 0 Å². The number of rotatable bonds is 2. The number of nitrogens with two attached hydrogens (primary N) is 1. The first-order valence-electron chi connectivity index (χ1n) is 5.65. The zero-order valence-electron chi connectivity index (χ0n) is 10.7. The molecule has 2 rings (SSSR count). The Morgan fingerprint density at radius 2 is 1.76 bits per heavy atom. The minimum atomic E-state index is -0.451. The molecule has 0 bridgehead atoms. The molecular formula is C11H18BN3O2. The second kappa shape index (κ2) is 3.98. The molecule has 1 fully saturated rings. The van der Waals surface area contributed by atoms with Gasteiger partial charge in [-0.3, -0.25) is 0 Å². The first-order chi connectivity index (χ1) is 7.86. The van der Waals surface area contributed by atoms with E-state index < -0.39 is 7.12 Å². The molecule has 1 aromatic heterocycles. The predicted molar refractivity (Wildman–Crippen MR) is 67.8 cm³/mol. The molecule has 0 radical (unpaired) electrons. The lowest BCUT2D eigenvalue weighted by molar-refractivity contribution is 0.00578. The summed E-state index contributed by atoms with van der Waals surface area (Å²) in [7, 11) is -0.451. The van der Waals surface area contributed by atoms with Gasteiger partial charge in [-0.05, 0) is 39.8 Å². The Hall–Kier alpha value is -1.11. The molecule has 5 nitrogen and oxygen atoms in total. The lowest BCUT2D eigenvalue weighted by Crippen LogP contribution is -2.41. The summed E-state index contributed by atoms with van der Waals surface area (Å²) in [6, 6.07) is 5.51. The molecule has 2 heterocycles. The van der Waals surface area contributed by atoms with Gasteiger partial charge in [-0.25, -0.2) is 10.8 Å². The zero-order valence-corrected chi connectivity index (χ0v) is 10.7. The fourth-order valence-corrected chi connectivity index (χ4v) is 1.63. The average molecular weight is 235 g/mol. The number of hydrogen-bond acceptors (Lipinski definition) is 5. The van der Waals surface area contributed by atoms with Gasteiger partial charge in [-0.15, -0.1) is 0 Å². The van der Waals surface area contributed by atoms with Crippen molar-refractivity contribution in [2.45, 2.75) is 38.9 Å². The third kappa shape index (κ3) is 2.16. The summed E-state index contributed by atoms with van der Waals surface area (Å²) < 4.78 is 11.8. The minimum absolute atomic E-state index is 0.356. The number of hydrogen-bond donors (Lipinski definition) is 2. The molecule has 0 spiro atoms. The molecule has 3 N–H and O–H groups in total. The minimum Gasteiger partial charge on any atom is -0.398 e. The maximum Gasteiger partial charge on any atom is 0.514 e. The molecule has 17 heavy (non-hydrogen) atoms. The summed E-state index contributed by atoms with van der Waals surface area (Å²) in [5.74, 6) is 5.92. The number of nitrogens with one attached hydrogen (secondary N) is 1. The number of aromatic nitrogens is 1. The molecule has 92 valence electrons. The summed E-state index contributed by atoms with van der Waals surface area (Å²) >= 11 is 0.